The third-order valence-corrected chi connectivity index (χ3v) is 6.95. The first-order chi connectivity index (χ1) is 17.1. The van der Waals surface area contributed by atoms with Gasteiger partial charge < -0.3 is 10.0 Å². The van der Waals surface area contributed by atoms with E-state index >= 15 is 0 Å². The molecule has 0 bridgehead atoms. The number of nitrogens with zero attached hydrogens (tertiary/aromatic N) is 3. The second-order valence-electron chi connectivity index (χ2n) is 9.25. The molecule has 0 spiro atoms. The Morgan fingerprint density at radius 2 is 1.81 bits per heavy atom. The van der Waals surface area contributed by atoms with Gasteiger partial charge in [-0.2, -0.15) is 5.10 Å². The van der Waals surface area contributed by atoms with E-state index in [1.807, 2.05) is 86.1 Å². The van der Waals surface area contributed by atoms with Gasteiger partial charge in [0.15, 0.2) is 0 Å². The van der Waals surface area contributed by atoms with Crippen LogP contribution in [0.5, 0.6) is 0 Å². The van der Waals surface area contributed by atoms with Crippen molar-refractivity contribution in [2.75, 3.05) is 13.6 Å². The van der Waals surface area contributed by atoms with Gasteiger partial charge in [0.05, 0.1) is 23.0 Å². The number of carboxylic acids is 1. The number of halogens is 1. The van der Waals surface area contributed by atoms with Crippen molar-refractivity contribution < 1.29 is 9.90 Å². The number of allylic oxidation sites excluding steroid dienone is 4. The molecule has 0 aliphatic rings. The van der Waals surface area contributed by atoms with Crippen LogP contribution in [-0.4, -0.2) is 39.3 Å². The van der Waals surface area contributed by atoms with Gasteiger partial charge in [-0.05, 0) is 69.5 Å². The van der Waals surface area contributed by atoms with Crippen molar-refractivity contribution in [1.82, 2.24) is 14.7 Å². The van der Waals surface area contributed by atoms with Gasteiger partial charge in [-0.3, -0.25) is 4.79 Å². The number of rotatable bonds is 10. The van der Waals surface area contributed by atoms with Gasteiger partial charge in [-0.1, -0.05) is 66.0 Å². The monoisotopic (exact) mass is 505 g/mol. The molecule has 6 heteroatoms. The third kappa shape index (κ3) is 6.46. The molecule has 3 aromatic rings. The molecule has 5 nitrogen and oxygen atoms in total. The third-order valence-electron chi connectivity index (χ3n) is 6.56. The Bertz CT molecular complexity index is 1270. The summed E-state index contributed by atoms with van der Waals surface area (Å²) in [6.45, 7) is 11.1. The molecule has 190 valence electrons. The molecule has 0 saturated heterocycles. The molecule has 3 rings (SSSR count). The van der Waals surface area contributed by atoms with Crippen LogP contribution in [0, 0.1) is 13.8 Å². The van der Waals surface area contributed by atoms with Crippen LogP contribution in [0.3, 0.4) is 0 Å². The van der Waals surface area contributed by atoms with E-state index < -0.39 is 11.9 Å². The lowest BCUT2D eigenvalue weighted by Gasteiger charge is -2.20. The summed E-state index contributed by atoms with van der Waals surface area (Å²) in [7, 11) is 2.06. The summed E-state index contributed by atoms with van der Waals surface area (Å²) in [4.78, 5) is 14.4. The molecule has 1 N–H and O–H groups in total. The van der Waals surface area contributed by atoms with Gasteiger partial charge in [0.2, 0.25) is 0 Å². The van der Waals surface area contributed by atoms with Crippen molar-refractivity contribution in [3.8, 4) is 5.69 Å². The van der Waals surface area contributed by atoms with Crippen molar-refractivity contribution in [2.45, 2.75) is 53.4 Å². The van der Waals surface area contributed by atoms with Gasteiger partial charge in [-0.15, -0.1) is 0 Å². The van der Waals surface area contributed by atoms with Crippen LogP contribution in [0.2, 0.25) is 0 Å². The number of carbonyl (C=O) groups is 1. The highest BCUT2D eigenvalue weighted by atomic mass is 35.5. The van der Waals surface area contributed by atoms with Crippen molar-refractivity contribution >= 4 is 23.1 Å². The van der Waals surface area contributed by atoms with Crippen LogP contribution in [0.1, 0.15) is 61.2 Å². The summed E-state index contributed by atoms with van der Waals surface area (Å²) in [5, 5.41) is 15.5. The van der Waals surface area contributed by atoms with E-state index in [4.69, 9.17) is 16.7 Å². The first-order valence-electron chi connectivity index (χ1n) is 12.4. The molecular weight excluding hydrogens is 470 g/mol. The normalized spacial score (nSPS) is 13.4. The first kappa shape index (κ1) is 27.3. The Morgan fingerprint density at radius 3 is 2.39 bits per heavy atom. The van der Waals surface area contributed by atoms with E-state index in [0.29, 0.717) is 10.7 Å². The van der Waals surface area contributed by atoms with E-state index in [0.717, 1.165) is 52.3 Å². The zero-order valence-electron chi connectivity index (χ0n) is 22.0. The van der Waals surface area contributed by atoms with Crippen molar-refractivity contribution in [3.05, 3.63) is 99.5 Å². The largest absolute Gasteiger partial charge is 0.481 e. The van der Waals surface area contributed by atoms with Gasteiger partial charge in [0.1, 0.15) is 0 Å². The lowest BCUT2D eigenvalue weighted by Crippen LogP contribution is -2.16. The topological polar surface area (TPSA) is 58.4 Å². The minimum Gasteiger partial charge on any atom is -0.481 e. The second kappa shape index (κ2) is 12.1. The van der Waals surface area contributed by atoms with Crippen LogP contribution in [-0.2, 0) is 11.2 Å². The highest BCUT2D eigenvalue weighted by Crippen LogP contribution is 2.29. The highest BCUT2D eigenvalue weighted by Gasteiger charge is 2.23. The van der Waals surface area contributed by atoms with Crippen LogP contribution < -0.4 is 0 Å². The van der Waals surface area contributed by atoms with Crippen molar-refractivity contribution in [1.29, 1.82) is 0 Å². The molecule has 1 unspecified atom stereocenters. The summed E-state index contributed by atoms with van der Waals surface area (Å²) < 4.78 is 1.87. The molecule has 1 aromatic heterocycles. The number of hydrogen-bond donors (Lipinski definition) is 1. The minimum atomic E-state index is -0.865. The van der Waals surface area contributed by atoms with E-state index in [1.165, 1.54) is 0 Å². The molecule has 0 fully saturated rings. The number of carboxylic acid groups (broad SMARTS) is 1. The van der Waals surface area contributed by atoms with Crippen molar-refractivity contribution in [2.24, 2.45) is 0 Å². The molecule has 1 heterocycles. The maximum absolute atomic E-state index is 12.2. The lowest BCUT2D eigenvalue weighted by atomic mass is 9.93. The average Bonchev–Trinajstić information content (AvgIpc) is 3.28. The Morgan fingerprint density at radius 1 is 1.11 bits per heavy atom. The van der Waals surface area contributed by atoms with E-state index in [9.17, 15) is 9.90 Å². The van der Waals surface area contributed by atoms with Crippen LogP contribution in [0.4, 0.5) is 0 Å². The molecule has 0 saturated carbocycles. The van der Waals surface area contributed by atoms with E-state index in [2.05, 4.69) is 25.8 Å². The Kier molecular flexibility index (Phi) is 9.16. The molecule has 0 amide bonds. The Hall–Kier alpha value is -3.31. The molecule has 2 aromatic carbocycles. The molecule has 36 heavy (non-hydrogen) atoms. The summed E-state index contributed by atoms with van der Waals surface area (Å²) in [5.41, 5.74) is 7.44. The number of aromatic nitrogens is 2. The van der Waals surface area contributed by atoms with Crippen LogP contribution >= 0.6 is 11.6 Å². The fourth-order valence-corrected chi connectivity index (χ4v) is 4.41. The minimum absolute atomic E-state index is 0.282. The molecule has 0 aliphatic carbocycles. The smallest absolute Gasteiger partial charge is 0.311 e. The van der Waals surface area contributed by atoms with Gasteiger partial charge in [-0.25, -0.2) is 4.68 Å². The van der Waals surface area contributed by atoms with Gasteiger partial charge in [0, 0.05) is 30.7 Å². The standard InChI is InChI=1S/C30H36ClN3O2/c1-7-25(33(6)8-2)19-28(31)22(5)29-18-24(32-34(29)26-14-12-20(3)13-15-26)17-27(30(35)36)23-11-9-10-21(4)16-23/h9-16,18-19,27H,7-8,17H2,1-6H3,(H,35,36)/b25-19+,28-22-. The summed E-state index contributed by atoms with van der Waals surface area (Å²) in [5.74, 6) is -1.56. The molecular formula is C30H36ClN3O2. The van der Waals surface area contributed by atoms with Crippen LogP contribution in [0.15, 0.2) is 71.4 Å². The summed E-state index contributed by atoms with van der Waals surface area (Å²) >= 11 is 6.85. The van der Waals surface area contributed by atoms with Gasteiger partial charge >= 0.3 is 5.97 Å². The number of aliphatic carboxylic acids is 1. The molecule has 1 atom stereocenters. The lowest BCUT2D eigenvalue weighted by molar-refractivity contribution is -0.138. The number of benzene rings is 2. The molecule has 0 aliphatic heterocycles. The fraction of sp³-hybridized carbons (Fsp3) is 0.333. The predicted octanol–water partition coefficient (Wildman–Crippen LogP) is 7.12. The first-order valence-corrected chi connectivity index (χ1v) is 12.8. The predicted molar refractivity (Wildman–Crippen MR) is 149 cm³/mol. The SMILES string of the molecule is CC/C(=C\C(Cl)=C(/C)c1cc(CC(C(=O)O)c2cccc(C)c2)nn1-c1ccc(C)cc1)N(C)CC. The fourth-order valence-electron chi connectivity index (χ4n) is 4.19. The average molecular weight is 506 g/mol. The van der Waals surface area contributed by atoms with Gasteiger partial charge in [0.25, 0.3) is 0 Å². The number of aryl methyl sites for hydroxylation is 2. The zero-order valence-corrected chi connectivity index (χ0v) is 22.8. The molecule has 0 radical (unpaired) electrons. The van der Waals surface area contributed by atoms with Crippen molar-refractivity contribution in [3.63, 3.8) is 0 Å². The summed E-state index contributed by atoms with van der Waals surface area (Å²) in [6, 6.07) is 17.7. The maximum atomic E-state index is 12.2. The van der Waals surface area contributed by atoms with E-state index in [1.54, 1.807) is 0 Å². The van der Waals surface area contributed by atoms with Crippen LogP contribution in [0.25, 0.3) is 11.3 Å². The zero-order chi connectivity index (χ0) is 26.4. The second-order valence-corrected chi connectivity index (χ2v) is 9.66. The highest BCUT2D eigenvalue weighted by molar-refractivity contribution is 6.34. The Labute approximate surface area is 219 Å². The Balaban J connectivity index is 2.11. The maximum Gasteiger partial charge on any atom is 0.311 e. The quantitative estimate of drug-likeness (QED) is 0.298. The van der Waals surface area contributed by atoms with E-state index in [-0.39, 0.29) is 6.42 Å². The number of hydrogen-bond acceptors (Lipinski definition) is 3. The summed E-state index contributed by atoms with van der Waals surface area (Å²) in [6.07, 6.45) is 3.16.